The molecule has 1 N–H and O–H groups in total. The Morgan fingerprint density at radius 3 is 2.35 bits per heavy atom. The van der Waals surface area contributed by atoms with Crippen molar-refractivity contribution < 1.29 is 30.9 Å². The van der Waals surface area contributed by atoms with Gasteiger partial charge in [0.15, 0.2) is 0 Å². The van der Waals surface area contributed by atoms with E-state index in [1.165, 1.54) is 30.8 Å². The number of hydrogen-bond donors (Lipinski definition) is 1. The summed E-state index contributed by atoms with van der Waals surface area (Å²) in [6.07, 6.45) is 4.79. The molecule has 0 bridgehead atoms. The van der Waals surface area contributed by atoms with Crippen LogP contribution < -0.4 is 5.48 Å². The number of fused-ring (bicyclic) bond motifs is 1. The van der Waals surface area contributed by atoms with Crippen LogP contribution in [0.1, 0.15) is 42.7 Å². The summed E-state index contributed by atoms with van der Waals surface area (Å²) < 4.78 is 73.8. The zero-order valence-electron chi connectivity index (χ0n) is 28.6. The normalized spacial score (nSPS) is 20.9. The quantitative estimate of drug-likeness (QED) is 0.205. The van der Waals surface area contributed by atoms with Gasteiger partial charge in [0, 0.05) is 58.9 Å². The number of carbonyl (C=O) groups excluding carboxylic acids is 1. The number of hydroxylamine groups is 1. The summed E-state index contributed by atoms with van der Waals surface area (Å²) in [6.45, 7) is 8.78. The number of aromatic nitrogens is 1. The third kappa shape index (κ3) is 8.63. The molecule has 6 rings (SSSR count). The van der Waals surface area contributed by atoms with Crippen molar-refractivity contribution in [1.29, 1.82) is 0 Å². The van der Waals surface area contributed by atoms with E-state index in [-0.39, 0.29) is 44.5 Å². The summed E-state index contributed by atoms with van der Waals surface area (Å²) >= 11 is 0. The average Bonchev–Trinajstić information content (AvgIpc) is 3.80. The van der Waals surface area contributed by atoms with Crippen molar-refractivity contribution in [3.8, 4) is 0 Å². The van der Waals surface area contributed by atoms with Crippen LogP contribution >= 0.6 is 0 Å². The topological polar surface area (TPSA) is 121 Å². The summed E-state index contributed by atoms with van der Waals surface area (Å²) in [7, 11) is -9.34. The van der Waals surface area contributed by atoms with Gasteiger partial charge in [0.05, 0.1) is 17.9 Å². The van der Waals surface area contributed by atoms with Crippen LogP contribution in [0.25, 0.3) is 10.9 Å². The minimum absolute atomic E-state index is 0.0139. The Kier molecular flexibility index (Phi) is 10.7. The number of amides is 1. The van der Waals surface area contributed by atoms with Crippen LogP contribution in [0, 0.1) is 11.7 Å². The lowest BCUT2D eigenvalue weighted by Crippen LogP contribution is -2.63. The van der Waals surface area contributed by atoms with Crippen LogP contribution in [-0.4, -0.2) is 99.4 Å². The molecule has 1 amide bonds. The average molecular weight is 734 g/mol. The van der Waals surface area contributed by atoms with Crippen molar-refractivity contribution in [2.75, 3.05) is 45.0 Å². The fourth-order valence-electron chi connectivity index (χ4n) is 6.81. The summed E-state index contributed by atoms with van der Waals surface area (Å²) in [5.41, 5.74) is 4.54. The van der Waals surface area contributed by atoms with Gasteiger partial charge in [-0.15, -0.1) is 0 Å². The van der Waals surface area contributed by atoms with Crippen LogP contribution in [-0.2, 0) is 36.5 Å². The van der Waals surface area contributed by atoms with Gasteiger partial charge >= 0.3 is 0 Å². The molecule has 268 valence electrons. The molecule has 2 aliphatic heterocycles. The molecule has 1 saturated carbocycles. The maximum atomic E-state index is 14.5. The van der Waals surface area contributed by atoms with Gasteiger partial charge in [0.2, 0.25) is 10.0 Å². The van der Waals surface area contributed by atoms with E-state index < -0.39 is 46.1 Å². The monoisotopic (exact) mass is 733 g/mol. The van der Waals surface area contributed by atoms with Crippen LogP contribution in [0.4, 0.5) is 4.39 Å². The van der Waals surface area contributed by atoms with E-state index in [1.807, 2.05) is 30.3 Å². The Hall–Kier alpha value is -2.66. The van der Waals surface area contributed by atoms with Crippen molar-refractivity contribution in [1.82, 2.24) is 23.0 Å². The number of piperazine rings is 1. The second kappa shape index (κ2) is 14.5. The van der Waals surface area contributed by atoms with Gasteiger partial charge in [0.25, 0.3) is 16.1 Å². The number of hydrogen-bond acceptors (Lipinski definition) is 7. The van der Waals surface area contributed by atoms with Gasteiger partial charge in [-0.2, -0.15) is 17.0 Å². The Labute approximate surface area is 290 Å². The smallest absolute Gasteiger partial charge is 0.282 e. The van der Waals surface area contributed by atoms with E-state index in [1.54, 1.807) is 6.20 Å². The van der Waals surface area contributed by atoms with E-state index >= 15 is 0 Å². The second-order valence-electron chi connectivity index (χ2n) is 14.9. The molecule has 3 fully saturated rings. The van der Waals surface area contributed by atoms with Crippen molar-refractivity contribution in [3.05, 3.63) is 71.7 Å². The van der Waals surface area contributed by atoms with Crippen molar-refractivity contribution in [3.63, 3.8) is 0 Å². The molecule has 2 aromatic carbocycles. The molecule has 0 spiro atoms. The highest BCUT2D eigenvalue weighted by Crippen LogP contribution is 2.37. The molecule has 1 aromatic heterocycles. The van der Waals surface area contributed by atoms with Gasteiger partial charge in [0.1, 0.15) is 11.9 Å². The van der Waals surface area contributed by atoms with Crippen molar-refractivity contribution in [2.24, 2.45) is 5.92 Å². The molecule has 0 radical (unpaired) electrons. The number of rotatable bonds is 13. The number of benzene rings is 2. The maximum absolute atomic E-state index is 14.5. The summed E-state index contributed by atoms with van der Waals surface area (Å²) in [5.74, 6) is -0.510. The molecule has 3 heterocycles. The van der Waals surface area contributed by atoms with Crippen molar-refractivity contribution >= 4 is 45.1 Å². The minimum Gasteiger partial charge on any atom is -0.300 e. The molecule has 15 heteroatoms. The standard InChI is InChI=1S/C34H48FN5O6S2Si/c1-49(2,3)20-19-47(42,43)40-23-31(30-21-29(35)11-12-32(30)40)28-13-15-38(16-14-28)48(44,45)39-18-17-37(22-26-9-10-26)24-33(39)34(41)36-46-25-27-7-5-4-6-8-27/h4-8,11-12,21,23,26,28,33H,9-10,13-20,22,24-25H2,1-3H3,(H,36,41)/t33-/m1/s1. The van der Waals surface area contributed by atoms with Crippen LogP contribution in [0.5, 0.6) is 0 Å². The Morgan fingerprint density at radius 2 is 1.67 bits per heavy atom. The molecular formula is C34H48FN5O6S2Si. The zero-order chi connectivity index (χ0) is 35.0. The molecule has 49 heavy (non-hydrogen) atoms. The summed E-state index contributed by atoms with van der Waals surface area (Å²) in [4.78, 5) is 21.2. The fraction of sp³-hybridized carbons (Fsp3) is 0.559. The first kappa shape index (κ1) is 36.1. The number of carbonyl (C=O) groups is 1. The van der Waals surface area contributed by atoms with E-state index in [0.29, 0.717) is 47.8 Å². The molecule has 11 nitrogen and oxygen atoms in total. The molecule has 3 aliphatic rings. The van der Waals surface area contributed by atoms with Gasteiger partial charge in [-0.3, -0.25) is 14.5 Å². The first-order valence-electron chi connectivity index (χ1n) is 17.2. The molecule has 3 aromatic rings. The van der Waals surface area contributed by atoms with Crippen LogP contribution in [0.2, 0.25) is 25.7 Å². The highest BCUT2D eigenvalue weighted by atomic mass is 32.2. The number of nitrogens with zero attached hydrogens (tertiary/aromatic N) is 4. The van der Waals surface area contributed by atoms with Crippen molar-refractivity contribution in [2.45, 2.75) is 69.9 Å². The Balaban J connectivity index is 1.17. The predicted octanol–water partition coefficient (Wildman–Crippen LogP) is 4.36. The van der Waals surface area contributed by atoms with Crippen LogP contribution in [0.15, 0.2) is 54.7 Å². The van der Waals surface area contributed by atoms with E-state index in [2.05, 4.69) is 30.0 Å². The molecule has 1 atom stereocenters. The zero-order valence-corrected chi connectivity index (χ0v) is 31.2. The maximum Gasteiger partial charge on any atom is 0.282 e. The Bertz CT molecular complexity index is 1860. The van der Waals surface area contributed by atoms with E-state index in [4.69, 9.17) is 4.84 Å². The number of nitrogens with one attached hydrogen (secondary N) is 1. The SMILES string of the molecule is C[Si](C)(C)CCS(=O)(=O)n1cc(C2CCN(S(=O)(=O)N3CCN(CC4CC4)C[C@@H]3C(=O)NOCc3ccccc3)CC2)c2cc(F)ccc21. The Morgan fingerprint density at radius 1 is 0.959 bits per heavy atom. The largest absolute Gasteiger partial charge is 0.300 e. The van der Waals surface area contributed by atoms with Gasteiger partial charge in [-0.1, -0.05) is 50.0 Å². The van der Waals surface area contributed by atoms with Gasteiger partial charge in [-0.05, 0) is 72.9 Å². The van der Waals surface area contributed by atoms with E-state index in [0.717, 1.165) is 24.9 Å². The molecule has 1 aliphatic carbocycles. The predicted molar refractivity (Wildman–Crippen MR) is 191 cm³/mol. The lowest BCUT2D eigenvalue weighted by Gasteiger charge is -2.42. The highest BCUT2D eigenvalue weighted by molar-refractivity contribution is 7.90. The number of halogens is 1. The van der Waals surface area contributed by atoms with Gasteiger partial charge in [-0.25, -0.2) is 22.3 Å². The van der Waals surface area contributed by atoms with Gasteiger partial charge < -0.3 is 0 Å². The summed E-state index contributed by atoms with van der Waals surface area (Å²) in [6, 6.07) is 13.2. The lowest BCUT2D eigenvalue weighted by atomic mass is 9.90. The molecule has 2 saturated heterocycles. The fourth-order valence-corrected chi connectivity index (χ4v) is 13.0. The first-order chi connectivity index (χ1) is 23.2. The van der Waals surface area contributed by atoms with E-state index in [9.17, 15) is 26.0 Å². The number of piperidine rings is 1. The molecular weight excluding hydrogens is 686 g/mol. The third-order valence-corrected chi connectivity index (χ3v) is 15.7. The summed E-state index contributed by atoms with van der Waals surface area (Å²) in [5, 5.41) is 0.539. The van der Waals surface area contributed by atoms with Crippen LogP contribution in [0.3, 0.4) is 0 Å². The second-order valence-corrected chi connectivity index (χ2v) is 24.4. The highest BCUT2D eigenvalue weighted by Gasteiger charge is 2.44. The lowest BCUT2D eigenvalue weighted by molar-refractivity contribution is -0.140. The minimum atomic E-state index is -4.02. The third-order valence-electron chi connectivity index (χ3n) is 9.88. The molecule has 0 unspecified atom stereocenters. The first-order valence-corrected chi connectivity index (χ1v) is 23.9.